The van der Waals surface area contributed by atoms with Crippen LogP contribution in [0.25, 0.3) is 0 Å². The van der Waals surface area contributed by atoms with Gasteiger partial charge in [-0.15, -0.1) is 0 Å². The lowest BCUT2D eigenvalue weighted by molar-refractivity contribution is 0.0986. The zero-order valence-corrected chi connectivity index (χ0v) is 21.5. The fourth-order valence-corrected chi connectivity index (χ4v) is 4.46. The first-order chi connectivity index (χ1) is 18.3. The number of carbonyl (C=O) groups is 3. The van der Waals surface area contributed by atoms with Gasteiger partial charge in [-0.25, -0.2) is 4.79 Å². The zero-order valence-electron chi connectivity index (χ0n) is 20.0. The van der Waals surface area contributed by atoms with Crippen LogP contribution in [0.4, 0.5) is 27.5 Å². The minimum atomic E-state index is -0.802. The fraction of sp³-hybridized carbons (Fsp3) is 0.0357. The highest BCUT2D eigenvalue weighted by molar-refractivity contribution is 6.40. The van der Waals surface area contributed by atoms with Crippen molar-refractivity contribution < 1.29 is 14.4 Å². The van der Waals surface area contributed by atoms with E-state index in [4.69, 9.17) is 34.7 Å². The van der Waals surface area contributed by atoms with Gasteiger partial charge in [0.05, 0.1) is 39.2 Å². The van der Waals surface area contributed by atoms with Crippen molar-refractivity contribution in [1.29, 1.82) is 0 Å². The smallest absolute Gasteiger partial charge is 0.323 e. The van der Waals surface area contributed by atoms with Gasteiger partial charge in [-0.3, -0.25) is 19.4 Å². The largest absolute Gasteiger partial charge is 0.351 e. The minimum absolute atomic E-state index is 0.0718. The normalized spacial score (nSPS) is 10.5. The summed E-state index contributed by atoms with van der Waals surface area (Å²) in [7, 11) is 0. The van der Waals surface area contributed by atoms with Crippen molar-refractivity contribution in [1.82, 2.24) is 0 Å². The molecule has 4 aromatic carbocycles. The summed E-state index contributed by atoms with van der Waals surface area (Å²) in [4.78, 5) is 41.5. The molecule has 0 saturated heterocycles. The summed E-state index contributed by atoms with van der Waals surface area (Å²) in [6.45, 7) is -0.0718. The van der Waals surface area contributed by atoms with Gasteiger partial charge in [0.25, 0.3) is 11.8 Å². The molecule has 0 spiro atoms. The van der Waals surface area contributed by atoms with E-state index in [-0.39, 0.29) is 33.5 Å². The van der Waals surface area contributed by atoms with E-state index in [0.29, 0.717) is 17.1 Å². The molecule has 38 heavy (non-hydrogen) atoms. The van der Waals surface area contributed by atoms with Crippen LogP contribution >= 0.6 is 23.2 Å². The number of rotatable bonds is 7. The Kier molecular flexibility index (Phi) is 8.28. The first kappa shape index (κ1) is 26.7. The number of urea groups is 1. The molecular formula is C28H23Cl2N5O3. The molecule has 0 saturated carbocycles. The van der Waals surface area contributed by atoms with Crippen molar-refractivity contribution in [3.63, 3.8) is 0 Å². The molecular weight excluding hydrogens is 525 g/mol. The first-order valence-electron chi connectivity index (χ1n) is 11.4. The van der Waals surface area contributed by atoms with Crippen LogP contribution in [0.5, 0.6) is 0 Å². The summed E-state index contributed by atoms with van der Waals surface area (Å²) in [6.07, 6.45) is 0. The molecule has 4 amide bonds. The van der Waals surface area contributed by atoms with Gasteiger partial charge >= 0.3 is 6.03 Å². The van der Waals surface area contributed by atoms with E-state index in [9.17, 15) is 14.4 Å². The number of para-hydroxylation sites is 2. The number of amides is 4. The summed E-state index contributed by atoms with van der Waals surface area (Å²) in [5.74, 6) is -0.889. The Morgan fingerprint density at radius 3 is 1.95 bits per heavy atom. The molecule has 0 unspecified atom stereocenters. The van der Waals surface area contributed by atoms with Gasteiger partial charge in [-0.1, -0.05) is 59.6 Å². The Balaban J connectivity index is 1.64. The second-order valence-corrected chi connectivity index (χ2v) is 8.85. The molecule has 4 rings (SSSR count). The second kappa shape index (κ2) is 11.8. The van der Waals surface area contributed by atoms with E-state index < -0.39 is 17.8 Å². The van der Waals surface area contributed by atoms with Crippen molar-refractivity contribution in [2.75, 3.05) is 21.8 Å². The monoisotopic (exact) mass is 547 g/mol. The Labute approximate surface area is 229 Å². The highest BCUT2D eigenvalue weighted by atomic mass is 35.5. The van der Waals surface area contributed by atoms with Crippen molar-refractivity contribution in [3.8, 4) is 0 Å². The highest BCUT2D eigenvalue weighted by Crippen LogP contribution is 2.32. The van der Waals surface area contributed by atoms with Gasteiger partial charge < -0.3 is 16.8 Å². The number of nitrogens with zero attached hydrogens (tertiary/aromatic N) is 2. The van der Waals surface area contributed by atoms with Crippen LogP contribution in [0.2, 0.25) is 10.0 Å². The van der Waals surface area contributed by atoms with E-state index in [1.165, 1.54) is 9.80 Å². The highest BCUT2D eigenvalue weighted by Gasteiger charge is 2.25. The molecule has 0 aromatic heterocycles. The zero-order chi connectivity index (χ0) is 27.2. The van der Waals surface area contributed by atoms with Crippen LogP contribution in [0.15, 0.2) is 97.1 Å². The number of anilines is 4. The maximum atomic E-state index is 13.5. The molecule has 0 bridgehead atoms. The summed E-state index contributed by atoms with van der Waals surface area (Å²) >= 11 is 12.3. The maximum Gasteiger partial charge on any atom is 0.323 e. The van der Waals surface area contributed by atoms with Crippen molar-refractivity contribution in [2.24, 2.45) is 11.5 Å². The average Bonchev–Trinajstić information content (AvgIpc) is 2.91. The van der Waals surface area contributed by atoms with E-state index in [2.05, 4.69) is 5.32 Å². The van der Waals surface area contributed by atoms with Crippen LogP contribution in [-0.2, 0) is 0 Å². The number of hydrogen-bond acceptors (Lipinski definition) is 4. The third-order valence-electron chi connectivity index (χ3n) is 5.66. The van der Waals surface area contributed by atoms with Gasteiger partial charge in [0.1, 0.15) is 0 Å². The molecule has 0 aliphatic rings. The Morgan fingerprint density at radius 2 is 1.34 bits per heavy atom. The molecule has 0 aliphatic heterocycles. The van der Waals surface area contributed by atoms with Gasteiger partial charge in [0.15, 0.2) is 0 Å². The molecule has 10 heteroatoms. The Hall–Kier alpha value is -4.37. The second-order valence-electron chi connectivity index (χ2n) is 8.04. The van der Waals surface area contributed by atoms with Crippen LogP contribution in [0.1, 0.15) is 20.7 Å². The summed E-state index contributed by atoms with van der Waals surface area (Å²) in [5.41, 5.74) is 13.7. The number of benzene rings is 4. The number of primary amides is 1. The summed E-state index contributed by atoms with van der Waals surface area (Å²) in [6, 6.07) is 25.9. The van der Waals surface area contributed by atoms with Crippen LogP contribution in [0.3, 0.4) is 0 Å². The van der Waals surface area contributed by atoms with Crippen LogP contribution in [0, 0.1) is 0 Å². The van der Waals surface area contributed by atoms with Crippen LogP contribution in [-0.4, -0.2) is 24.5 Å². The standard InChI is InChI=1S/C28H23Cl2N5O3/c29-22-10-6-11-23(30)25(22)26(36)33-18-13-15-20(16-14-18)35(28(32)38)24-12-5-4-9-21(24)27(37)34(17-31)19-7-2-1-3-8-19/h1-16H,17,31H2,(H2,32,38)(H,33,36). The number of halogens is 2. The molecule has 4 aromatic rings. The number of nitrogens with one attached hydrogen (secondary N) is 1. The Morgan fingerprint density at radius 1 is 0.737 bits per heavy atom. The van der Waals surface area contributed by atoms with Crippen molar-refractivity contribution in [3.05, 3.63) is 118 Å². The fourth-order valence-electron chi connectivity index (χ4n) is 3.90. The van der Waals surface area contributed by atoms with E-state index in [1.807, 2.05) is 6.07 Å². The van der Waals surface area contributed by atoms with Crippen molar-refractivity contribution >= 4 is 63.8 Å². The van der Waals surface area contributed by atoms with Gasteiger partial charge in [0.2, 0.25) is 0 Å². The molecule has 5 N–H and O–H groups in total. The van der Waals surface area contributed by atoms with Crippen molar-refractivity contribution in [2.45, 2.75) is 0 Å². The molecule has 8 nitrogen and oxygen atoms in total. The lowest BCUT2D eigenvalue weighted by atomic mass is 10.1. The maximum absolute atomic E-state index is 13.5. The predicted octanol–water partition coefficient (Wildman–Crippen LogP) is 6.03. The van der Waals surface area contributed by atoms with Gasteiger partial charge in [0, 0.05) is 11.4 Å². The lowest BCUT2D eigenvalue weighted by Crippen LogP contribution is -2.38. The Bertz CT molecular complexity index is 1460. The molecule has 192 valence electrons. The van der Waals surface area contributed by atoms with Crippen LogP contribution < -0.4 is 26.6 Å². The van der Waals surface area contributed by atoms with E-state index >= 15 is 0 Å². The van der Waals surface area contributed by atoms with E-state index in [1.54, 1.807) is 91.0 Å². The molecule has 0 heterocycles. The molecule has 0 radical (unpaired) electrons. The lowest BCUT2D eigenvalue weighted by Gasteiger charge is -2.26. The quantitative estimate of drug-likeness (QED) is 0.244. The minimum Gasteiger partial charge on any atom is -0.351 e. The topological polar surface area (TPSA) is 122 Å². The predicted molar refractivity (Wildman–Crippen MR) is 151 cm³/mol. The van der Waals surface area contributed by atoms with E-state index in [0.717, 1.165) is 0 Å². The molecule has 0 fully saturated rings. The molecule has 0 atom stereocenters. The van der Waals surface area contributed by atoms with Gasteiger partial charge in [-0.05, 0) is 60.7 Å². The SMILES string of the molecule is NCN(C(=O)c1ccccc1N(C(N)=O)c1ccc(NC(=O)c2c(Cl)cccc2Cl)cc1)c1ccccc1. The third-order valence-corrected chi connectivity index (χ3v) is 6.29. The van der Waals surface area contributed by atoms with Gasteiger partial charge in [-0.2, -0.15) is 0 Å². The number of hydrogen-bond donors (Lipinski definition) is 3. The summed E-state index contributed by atoms with van der Waals surface area (Å²) < 4.78 is 0. The third kappa shape index (κ3) is 5.63. The first-order valence-corrected chi connectivity index (χ1v) is 12.2. The number of carbonyl (C=O) groups excluding carboxylic acids is 3. The average molecular weight is 548 g/mol. The summed E-state index contributed by atoms with van der Waals surface area (Å²) in [5, 5.41) is 3.16. The number of nitrogens with two attached hydrogens (primary N) is 2. The molecule has 0 aliphatic carbocycles.